The molecule has 1 amide bonds. The third-order valence-electron chi connectivity index (χ3n) is 2.06. The van der Waals surface area contributed by atoms with Gasteiger partial charge in [0.15, 0.2) is 0 Å². The second-order valence-electron chi connectivity index (χ2n) is 3.71. The van der Waals surface area contributed by atoms with Crippen molar-refractivity contribution in [1.29, 1.82) is 0 Å². The van der Waals surface area contributed by atoms with Gasteiger partial charge in [0.05, 0.1) is 0 Å². The number of hydrogen-bond donors (Lipinski definition) is 2. The summed E-state index contributed by atoms with van der Waals surface area (Å²) in [6.45, 7) is 2.28. The molecule has 3 nitrogen and oxygen atoms in total. The highest BCUT2D eigenvalue weighted by Crippen LogP contribution is 2.04. The molecule has 1 atom stereocenters. The normalized spacial score (nSPS) is 13.7. The predicted molar refractivity (Wildman–Crippen MR) is 62.2 cm³/mol. The van der Waals surface area contributed by atoms with Gasteiger partial charge in [0, 0.05) is 13.0 Å². The predicted octanol–water partition coefficient (Wildman–Crippen LogP) is 1.77. The summed E-state index contributed by atoms with van der Waals surface area (Å²) in [4.78, 5) is 10.4. The van der Waals surface area contributed by atoms with Gasteiger partial charge in [-0.1, -0.05) is 31.2 Å². The van der Waals surface area contributed by atoms with E-state index in [1.165, 1.54) is 0 Å². The number of allylic oxidation sites excluding steroid dienone is 3. The summed E-state index contributed by atoms with van der Waals surface area (Å²) in [5, 5.41) is 8.78. The van der Waals surface area contributed by atoms with Gasteiger partial charge in [-0.05, 0) is 25.2 Å². The highest BCUT2D eigenvalue weighted by atomic mass is 16.3. The third-order valence-corrected chi connectivity index (χ3v) is 2.06. The number of carbonyl (C=O) groups is 1. The van der Waals surface area contributed by atoms with E-state index in [4.69, 9.17) is 10.8 Å². The van der Waals surface area contributed by atoms with Crippen molar-refractivity contribution < 1.29 is 9.90 Å². The highest BCUT2D eigenvalue weighted by molar-refractivity contribution is 5.75. The van der Waals surface area contributed by atoms with E-state index in [-0.39, 0.29) is 12.5 Å². The third kappa shape index (κ3) is 10.8. The first-order chi connectivity index (χ1) is 7.16. The summed E-state index contributed by atoms with van der Waals surface area (Å²) in [5.41, 5.74) is 4.97. The molecule has 0 aliphatic heterocycles. The van der Waals surface area contributed by atoms with Crippen LogP contribution in [0.5, 0.6) is 0 Å². The van der Waals surface area contributed by atoms with E-state index in [1.54, 1.807) is 6.08 Å². The second-order valence-corrected chi connectivity index (χ2v) is 3.71. The molecule has 0 aromatic rings. The van der Waals surface area contributed by atoms with Crippen molar-refractivity contribution in [3.05, 3.63) is 24.3 Å². The SMILES string of the molecule is CC(CO)CC/C=C\C/C=C\CC(N)=O. The first kappa shape index (κ1) is 13.9. The van der Waals surface area contributed by atoms with Gasteiger partial charge < -0.3 is 10.8 Å². The molecule has 0 aliphatic rings. The maximum atomic E-state index is 10.4. The molecule has 3 heteroatoms. The van der Waals surface area contributed by atoms with Crippen LogP contribution >= 0.6 is 0 Å². The Balaban J connectivity index is 3.39. The molecule has 0 fully saturated rings. The fourth-order valence-corrected chi connectivity index (χ4v) is 1.06. The lowest BCUT2D eigenvalue weighted by atomic mass is 10.1. The van der Waals surface area contributed by atoms with Gasteiger partial charge in [-0.15, -0.1) is 0 Å². The highest BCUT2D eigenvalue weighted by Gasteiger charge is 1.95. The number of carbonyl (C=O) groups excluding carboxylic acids is 1. The van der Waals surface area contributed by atoms with Crippen molar-refractivity contribution in [2.24, 2.45) is 11.7 Å². The Bertz CT molecular complexity index is 222. The molecule has 0 rings (SSSR count). The Labute approximate surface area is 91.7 Å². The maximum absolute atomic E-state index is 10.4. The fourth-order valence-electron chi connectivity index (χ4n) is 1.06. The summed E-state index contributed by atoms with van der Waals surface area (Å²) in [5.74, 6) is 0.0760. The minimum Gasteiger partial charge on any atom is -0.396 e. The molecule has 0 aromatic heterocycles. The number of amides is 1. The van der Waals surface area contributed by atoms with Crippen molar-refractivity contribution in [3.63, 3.8) is 0 Å². The van der Waals surface area contributed by atoms with Crippen LogP contribution in [0.15, 0.2) is 24.3 Å². The van der Waals surface area contributed by atoms with E-state index in [1.807, 2.05) is 13.0 Å². The smallest absolute Gasteiger partial charge is 0.221 e. The number of rotatable bonds is 8. The number of nitrogens with two attached hydrogens (primary N) is 1. The van der Waals surface area contributed by atoms with Gasteiger partial charge in [0.25, 0.3) is 0 Å². The van der Waals surface area contributed by atoms with Gasteiger partial charge in [0.1, 0.15) is 0 Å². The molecule has 0 radical (unpaired) electrons. The van der Waals surface area contributed by atoms with Crippen molar-refractivity contribution in [3.8, 4) is 0 Å². The van der Waals surface area contributed by atoms with Crippen molar-refractivity contribution in [1.82, 2.24) is 0 Å². The molecule has 0 aromatic carbocycles. The molecular weight excluding hydrogens is 190 g/mol. The Morgan fingerprint density at radius 3 is 2.60 bits per heavy atom. The van der Waals surface area contributed by atoms with Crippen LogP contribution in [-0.2, 0) is 4.79 Å². The molecule has 0 aliphatic carbocycles. The molecule has 86 valence electrons. The quantitative estimate of drug-likeness (QED) is 0.601. The number of hydrogen-bond acceptors (Lipinski definition) is 2. The largest absolute Gasteiger partial charge is 0.396 e. The van der Waals surface area contributed by atoms with Crippen LogP contribution in [0.2, 0.25) is 0 Å². The zero-order chi connectivity index (χ0) is 11.5. The molecule has 0 saturated carbocycles. The van der Waals surface area contributed by atoms with Gasteiger partial charge in [-0.25, -0.2) is 0 Å². The van der Waals surface area contributed by atoms with E-state index in [0.29, 0.717) is 12.3 Å². The number of aliphatic hydroxyl groups excluding tert-OH is 1. The summed E-state index contributed by atoms with van der Waals surface area (Å²) in [6.07, 6.45) is 11.0. The van der Waals surface area contributed by atoms with Crippen molar-refractivity contribution >= 4 is 5.91 Å². The van der Waals surface area contributed by atoms with E-state index in [2.05, 4.69) is 12.2 Å². The first-order valence-corrected chi connectivity index (χ1v) is 5.36. The number of aliphatic hydroxyl groups is 1. The monoisotopic (exact) mass is 211 g/mol. The minimum absolute atomic E-state index is 0.256. The lowest BCUT2D eigenvalue weighted by Gasteiger charge is -2.03. The Morgan fingerprint density at radius 1 is 1.33 bits per heavy atom. The molecule has 0 bridgehead atoms. The number of primary amides is 1. The standard InChI is InChI=1S/C12H21NO2/c1-11(10-14)8-6-4-2-3-5-7-9-12(13)15/h2,4-5,7,11,14H,3,6,8-10H2,1H3,(H2,13,15)/b4-2-,7-5-. The second kappa shape index (κ2) is 9.46. The van der Waals surface area contributed by atoms with E-state index in [0.717, 1.165) is 19.3 Å². The van der Waals surface area contributed by atoms with Crippen LogP contribution in [0, 0.1) is 5.92 Å². The van der Waals surface area contributed by atoms with E-state index in [9.17, 15) is 4.79 Å². The van der Waals surface area contributed by atoms with Crippen LogP contribution in [0.3, 0.4) is 0 Å². The van der Waals surface area contributed by atoms with Crippen LogP contribution in [-0.4, -0.2) is 17.6 Å². The summed E-state index contributed by atoms with van der Waals surface area (Å²) in [7, 11) is 0. The molecule has 0 spiro atoms. The molecule has 15 heavy (non-hydrogen) atoms. The molecule has 1 unspecified atom stereocenters. The topological polar surface area (TPSA) is 63.3 Å². The van der Waals surface area contributed by atoms with Gasteiger partial charge in [0.2, 0.25) is 5.91 Å². The average molecular weight is 211 g/mol. The Morgan fingerprint density at radius 2 is 2.00 bits per heavy atom. The first-order valence-electron chi connectivity index (χ1n) is 5.36. The van der Waals surface area contributed by atoms with Gasteiger partial charge >= 0.3 is 0 Å². The van der Waals surface area contributed by atoms with Crippen molar-refractivity contribution in [2.75, 3.05) is 6.61 Å². The van der Waals surface area contributed by atoms with E-state index < -0.39 is 0 Å². The maximum Gasteiger partial charge on any atom is 0.221 e. The molecular formula is C12H21NO2. The Kier molecular flexibility index (Phi) is 8.78. The lowest BCUT2D eigenvalue weighted by Crippen LogP contribution is -2.07. The van der Waals surface area contributed by atoms with Crippen LogP contribution in [0.1, 0.15) is 32.6 Å². The zero-order valence-corrected chi connectivity index (χ0v) is 9.36. The summed E-state index contributed by atoms with van der Waals surface area (Å²) in [6, 6.07) is 0. The summed E-state index contributed by atoms with van der Waals surface area (Å²) >= 11 is 0. The fraction of sp³-hybridized carbons (Fsp3) is 0.583. The van der Waals surface area contributed by atoms with Gasteiger partial charge in [-0.3, -0.25) is 4.79 Å². The zero-order valence-electron chi connectivity index (χ0n) is 9.36. The Hall–Kier alpha value is -1.09. The molecule has 0 heterocycles. The van der Waals surface area contributed by atoms with Crippen LogP contribution < -0.4 is 5.73 Å². The van der Waals surface area contributed by atoms with Crippen LogP contribution in [0.25, 0.3) is 0 Å². The van der Waals surface area contributed by atoms with Crippen LogP contribution in [0.4, 0.5) is 0 Å². The average Bonchev–Trinajstić information content (AvgIpc) is 2.21. The minimum atomic E-state index is -0.299. The lowest BCUT2D eigenvalue weighted by molar-refractivity contribution is -0.117. The van der Waals surface area contributed by atoms with Gasteiger partial charge in [-0.2, -0.15) is 0 Å². The summed E-state index contributed by atoms with van der Waals surface area (Å²) < 4.78 is 0. The molecule has 0 saturated heterocycles. The van der Waals surface area contributed by atoms with E-state index >= 15 is 0 Å². The van der Waals surface area contributed by atoms with Crippen molar-refractivity contribution in [2.45, 2.75) is 32.6 Å². The molecule has 3 N–H and O–H groups in total.